The molecule has 0 aromatic rings. The Morgan fingerprint density at radius 2 is 0.857 bits per heavy atom. The molecule has 128 valence electrons. The van der Waals surface area contributed by atoms with Crippen LogP contribution in [0.5, 0.6) is 0 Å². The lowest BCUT2D eigenvalue weighted by Gasteiger charge is -2.24. The summed E-state index contributed by atoms with van der Waals surface area (Å²) in [6.45, 7) is 0. The average Bonchev–Trinajstić information content (AvgIpc) is 2.55. The molecule has 0 saturated carbocycles. The van der Waals surface area contributed by atoms with E-state index in [-0.39, 0.29) is 9.52 Å². The first-order valence-corrected chi connectivity index (χ1v) is 13.2. The van der Waals surface area contributed by atoms with Crippen molar-refractivity contribution in [2.45, 2.75) is 37.0 Å². The highest BCUT2D eigenvalue weighted by molar-refractivity contribution is 6.61. The van der Waals surface area contributed by atoms with Crippen LogP contribution in [-0.4, -0.2) is 69.8 Å². The zero-order valence-corrected chi connectivity index (χ0v) is 17.8. The van der Waals surface area contributed by atoms with E-state index in [2.05, 4.69) is 0 Å². The van der Waals surface area contributed by atoms with E-state index in [1.54, 1.807) is 42.7 Å². The van der Waals surface area contributed by atoms with Gasteiger partial charge in [-0.15, -0.1) is 0 Å². The van der Waals surface area contributed by atoms with Crippen LogP contribution >= 0.6 is 0 Å². The lowest BCUT2D eigenvalue weighted by molar-refractivity contribution is 0.123. The molecule has 0 saturated heterocycles. The van der Waals surface area contributed by atoms with Gasteiger partial charge in [0.2, 0.25) is 0 Å². The van der Waals surface area contributed by atoms with Crippen molar-refractivity contribution < 1.29 is 26.6 Å². The SMILES string of the molecule is CO[Si](CCC[SiH2]CCC[Si](OC)(OC)OC)(OC)OC. The van der Waals surface area contributed by atoms with Crippen molar-refractivity contribution in [3.63, 3.8) is 0 Å². The minimum absolute atomic E-state index is 0.0614. The fraction of sp³-hybridized carbons (Fsp3) is 1.00. The Hall–Kier alpha value is 0.411. The fourth-order valence-electron chi connectivity index (χ4n) is 2.33. The third-order valence-corrected chi connectivity index (χ3v) is 11.5. The topological polar surface area (TPSA) is 55.4 Å². The lowest BCUT2D eigenvalue weighted by Crippen LogP contribution is -2.42. The average molecular weight is 357 g/mol. The van der Waals surface area contributed by atoms with Gasteiger partial charge in [-0.25, -0.2) is 0 Å². The van der Waals surface area contributed by atoms with Crippen molar-refractivity contribution in [3.8, 4) is 0 Å². The molecule has 0 N–H and O–H groups in total. The first-order valence-electron chi connectivity index (χ1n) is 7.38. The van der Waals surface area contributed by atoms with Crippen molar-refractivity contribution in [3.05, 3.63) is 0 Å². The van der Waals surface area contributed by atoms with Gasteiger partial charge in [0.15, 0.2) is 0 Å². The molecular formula is C12H32O6Si3. The van der Waals surface area contributed by atoms with E-state index in [1.807, 2.05) is 0 Å². The van der Waals surface area contributed by atoms with Crippen LogP contribution in [0.15, 0.2) is 0 Å². The van der Waals surface area contributed by atoms with Crippen LogP contribution in [-0.2, 0) is 26.6 Å². The third-order valence-electron chi connectivity index (χ3n) is 3.83. The van der Waals surface area contributed by atoms with Crippen molar-refractivity contribution in [2.75, 3.05) is 42.7 Å². The van der Waals surface area contributed by atoms with Gasteiger partial charge in [0.25, 0.3) is 0 Å². The van der Waals surface area contributed by atoms with E-state index in [9.17, 15) is 0 Å². The van der Waals surface area contributed by atoms with E-state index in [0.717, 1.165) is 24.9 Å². The Morgan fingerprint density at radius 3 is 1.10 bits per heavy atom. The maximum Gasteiger partial charge on any atom is 0.500 e. The normalized spacial score (nSPS) is 12.9. The van der Waals surface area contributed by atoms with E-state index < -0.39 is 17.6 Å². The van der Waals surface area contributed by atoms with Crippen LogP contribution in [0, 0.1) is 0 Å². The summed E-state index contributed by atoms with van der Waals surface area (Å²) >= 11 is 0. The summed E-state index contributed by atoms with van der Waals surface area (Å²) in [6.07, 6.45) is 2.24. The molecule has 0 radical (unpaired) electrons. The van der Waals surface area contributed by atoms with Gasteiger partial charge >= 0.3 is 17.6 Å². The molecule has 0 amide bonds. The van der Waals surface area contributed by atoms with Crippen LogP contribution < -0.4 is 0 Å². The minimum atomic E-state index is -2.36. The van der Waals surface area contributed by atoms with E-state index in [1.165, 1.54) is 12.1 Å². The summed E-state index contributed by atoms with van der Waals surface area (Å²) in [5, 5.41) is 0. The molecule has 6 nitrogen and oxygen atoms in total. The molecule has 0 fully saturated rings. The lowest BCUT2D eigenvalue weighted by atomic mass is 10.6. The van der Waals surface area contributed by atoms with E-state index >= 15 is 0 Å². The van der Waals surface area contributed by atoms with Gasteiger partial charge in [-0.3, -0.25) is 0 Å². The maximum absolute atomic E-state index is 5.42. The van der Waals surface area contributed by atoms with Crippen LogP contribution in [0.25, 0.3) is 0 Å². The molecule has 0 aromatic heterocycles. The van der Waals surface area contributed by atoms with E-state index in [0.29, 0.717) is 0 Å². The van der Waals surface area contributed by atoms with Crippen LogP contribution in [0.4, 0.5) is 0 Å². The van der Waals surface area contributed by atoms with Gasteiger partial charge in [0.1, 0.15) is 0 Å². The quantitative estimate of drug-likeness (QED) is 0.347. The first kappa shape index (κ1) is 21.4. The van der Waals surface area contributed by atoms with Crippen molar-refractivity contribution in [1.29, 1.82) is 0 Å². The number of hydrogen-bond acceptors (Lipinski definition) is 6. The predicted octanol–water partition coefficient (Wildman–Crippen LogP) is 1.53. The Labute approximate surface area is 134 Å². The molecule has 0 atom stereocenters. The molecule has 21 heavy (non-hydrogen) atoms. The molecule has 0 heterocycles. The van der Waals surface area contributed by atoms with Crippen molar-refractivity contribution in [2.24, 2.45) is 0 Å². The summed E-state index contributed by atoms with van der Waals surface area (Å²) in [5.74, 6) is 0. The largest absolute Gasteiger partial charge is 0.500 e. The molecule has 0 unspecified atom stereocenters. The molecular weight excluding hydrogens is 324 g/mol. The van der Waals surface area contributed by atoms with Crippen LogP contribution in [0.2, 0.25) is 24.2 Å². The van der Waals surface area contributed by atoms with Crippen LogP contribution in [0.1, 0.15) is 12.8 Å². The molecule has 0 aliphatic carbocycles. The monoisotopic (exact) mass is 356 g/mol. The van der Waals surface area contributed by atoms with Crippen molar-refractivity contribution >= 4 is 27.1 Å². The van der Waals surface area contributed by atoms with Crippen molar-refractivity contribution in [1.82, 2.24) is 0 Å². The second-order valence-electron chi connectivity index (χ2n) is 4.86. The molecule has 0 aliphatic heterocycles. The fourth-order valence-corrected chi connectivity index (χ4v) is 8.48. The first-order chi connectivity index (χ1) is 10.1. The summed E-state index contributed by atoms with van der Waals surface area (Å²) in [6, 6.07) is 4.37. The van der Waals surface area contributed by atoms with Gasteiger partial charge < -0.3 is 26.6 Å². The minimum Gasteiger partial charge on any atom is -0.377 e. The van der Waals surface area contributed by atoms with Gasteiger partial charge in [-0.2, -0.15) is 0 Å². The van der Waals surface area contributed by atoms with Gasteiger partial charge in [-0.05, 0) is 0 Å². The highest BCUT2D eigenvalue weighted by Crippen LogP contribution is 2.19. The molecule has 0 aliphatic rings. The number of hydrogen-bond donors (Lipinski definition) is 0. The summed E-state index contributed by atoms with van der Waals surface area (Å²) < 4.78 is 32.5. The smallest absolute Gasteiger partial charge is 0.377 e. The predicted molar refractivity (Wildman–Crippen MR) is 90.6 cm³/mol. The zero-order valence-electron chi connectivity index (χ0n) is 14.4. The Balaban J connectivity index is 3.78. The molecule has 0 aromatic carbocycles. The molecule has 0 rings (SSSR count). The second-order valence-corrected chi connectivity index (χ2v) is 13.2. The Morgan fingerprint density at radius 1 is 0.571 bits per heavy atom. The zero-order chi connectivity index (χ0) is 16.2. The number of rotatable bonds is 14. The van der Waals surface area contributed by atoms with Gasteiger partial charge in [0, 0.05) is 64.3 Å². The van der Waals surface area contributed by atoms with Crippen LogP contribution in [0.3, 0.4) is 0 Å². The summed E-state index contributed by atoms with van der Waals surface area (Å²) in [7, 11) is 5.22. The molecule has 0 bridgehead atoms. The Kier molecular flexibility index (Phi) is 12.1. The van der Waals surface area contributed by atoms with Gasteiger partial charge in [-0.1, -0.05) is 24.9 Å². The molecule has 0 spiro atoms. The highest BCUT2D eigenvalue weighted by Gasteiger charge is 2.37. The third kappa shape index (κ3) is 7.48. The maximum atomic E-state index is 5.42. The Bertz CT molecular complexity index is 209. The second kappa shape index (κ2) is 11.9. The summed E-state index contributed by atoms with van der Waals surface area (Å²) in [5.41, 5.74) is 0. The highest BCUT2D eigenvalue weighted by atomic mass is 28.4. The molecule has 9 heteroatoms. The standard InChI is InChI=1S/C12H32O6Si3/c1-13-20(14-2,15-3)11-7-9-19-10-8-12-21(16-4,17-5)18-6/h7-12,19H2,1-6H3. The van der Waals surface area contributed by atoms with Gasteiger partial charge in [0.05, 0.1) is 0 Å². The summed E-state index contributed by atoms with van der Waals surface area (Å²) in [4.78, 5) is 0. The van der Waals surface area contributed by atoms with E-state index in [4.69, 9.17) is 26.6 Å².